The number of fused-ring (bicyclic) bond motifs is 2. The molecule has 5 heterocycles. The molecule has 3 fully saturated rings. The maximum Gasteiger partial charge on any atom is 0.337 e. The fourth-order valence-corrected chi connectivity index (χ4v) is 8.40. The number of aliphatic hydroxyl groups excluding tert-OH is 10. The largest absolute Gasteiger partial charge is 0.471 e. The molecule has 3 saturated heterocycles. The molecule has 10 N–H and O–H groups in total. The second-order valence-electron chi connectivity index (χ2n) is 15.8. The first-order chi connectivity index (χ1) is 29.6. The highest BCUT2D eigenvalue weighted by molar-refractivity contribution is 5.94. The van der Waals surface area contributed by atoms with Crippen LogP contribution >= 0.6 is 0 Å². The molecular weight excluding hydrogens is 832 g/mol. The van der Waals surface area contributed by atoms with Crippen molar-refractivity contribution in [3.63, 3.8) is 0 Å². The molecule has 1 aromatic carbocycles. The zero-order valence-electron chi connectivity index (χ0n) is 33.4. The van der Waals surface area contributed by atoms with Crippen molar-refractivity contribution in [1.29, 1.82) is 0 Å². The van der Waals surface area contributed by atoms with E-state index in [0.29, 0.717) is 0 Å². The molecule has 0 aromatic heterocycles. The lowest BCUT2D eigenvalue weighted by Gasteiger charge is -2.48. The normalized spacial score (nSPS) is 43.3. The number of esters is 2. The molecule has 1 aliphatic carbocycles. The Balaban J connectivity index is 1.11. The van der Waals surface area contributed by atoms with Gasteiger partial charge >= 0.3 is 11.9 Å². The van der Waals surface area contributed by atoms with Crippen LogP contribution in [0.25, 0.3) is 0 Å². The van der Waals surface area contributed by atoms with Crippen LogP contribution in [0.1, 0.15) is 12.5 Å². The Morgan fingerprint density at radius 1 is 0.758 bits per heavy atom. The summed E-state index contributed by atoms with van der Waals surface area (Å²) in [6.07, 6.45) is -23.3. The van der Waals surface area contributed by atoms with Gasteiger partial charge in [0.05, 0.1) is 63.0 Å². The van der Waals surface area contributed by atoms with Gasteiger partial charge in [0.15, 0.2) is 24.5 Å². The standard InChI is InChI=1S/C40H52O22/c1-16(43)19-10-40(62-35(19)52)9-8-18-20(34(51)53-2)14-55-36(24(18)40)61-39-31(50)28(47)33(23(58-39)15-54-13-17-6-4-3-5-7-17)60-38-30(49)27(46)32(22(12-42)57-38)59-37-29(48)26(45)25(44)21(11-41)56-37/h3-10,14,16,18,21-33,36-39,41-50H,11-13,15H2,1-2H3/t16-,18+,21+,22+,23+,24+,25-,26-,27+,28+,29+,30+,31+,32+,33+,36+,37-,38-,39-,40?/m0/s1. The van der Waals surface area contributed by atoms with Gasteiger partial charge in [-0.15, -0.1) is 0 Å². The summed E-state index contributed by atoms with van der Waals surface area (Å²) in [6.45, 7) is -0.607. The lowest BCUT2D eigenvalue weighted by Crippen LogP contribution is -2.67. The maximum atomic E-state index is 12.9. The highest BCUT2D eigenvalue weighted by Gasteiger charge is 2.60. The third-order valence-corrected chi connectivity index (χ3v) is 11.8. The fourth-order valence-electron chi connectivity index (χ4n) is 8.40. The minimum absolute atomic E-state index is 0.0382. The lowest BCUT2D eigenvalue weighted by atomic mass is 9.78. The monoisotopic (exact) mass is 884 g/mol. The van der Waals surface area contributed by atoms with Crippen LogP contribution < -0.4 is 0 Å². The number of ether oxygens (including phenoxy) is 10. The number of benzene rings is 1. The van der Waals surface area contributed by atoms with Crippen LogP contribution in [0.5, 0.6) is 0 Å². The molecule has 5 aliphatic heterocycles. The van der Waals surface area contributed by atoms with Crippen molar-refractivity contribution in [1.82, 2.24) is 0 Å². The zero-order chi connectivity index (χ0) is 44.6. The predicted octanol–water partition coefficient (Wildman–Crippen LogP) is -4.51. The molecule has 7 rings (SSSR count). The van der Waals surface area contributed by atoms with Crippen molar-refractivity contribution < 1.29 is 108 Å². The van der Waals surface area contributed by atoms with Gasteiger partial charge in [0.25, 0.3) is 0 Å². The van der Waals surface area contributed by atoms with Crippen molar-refractivity contribution in [3.05, 3.63) is 71.5 Å². The Hall–Kier alpha value is -3.50. The highest BCUT2D eigenvalue weighted by atomic mass is 16.8. The average Bonchev–Trinajstić information content (AvgIpc) is 3.82. The quantitative estimate of drug-likeness (QED) is 0.0622. The van der Waals surface area contributed by atoms with E-state index in [4.69, 9.17) is 47.4 Å². The SMILES string of the molecule is COC(=O)C1=CO[C@H](O[C@@H]2O[C@H](COCc3ccccc3)[C@@H](O[C@@H]3O[C@H](CO)[C@@H](O[C@@H]4O[C@H](CO)[C@H](O)[C@H](O)[C@H]4O)[C@H](O)[C@H]3O)[C@H](O)[C@H]2O)[C@H]2[C@@H]1C=CC21C=C([C@H](C)O)C(=O)O1. The molecule has 1 aromatic rings. The summed E-state index contributed by atoms with van der Waals surface area (Å²) in [7, 11) is 1.17. The van der Waals surface area contributed by atoms with Gasteiger partial charge in [0, 0.05) is 5.92 Å². The molecule has 0 saturated carbocycles. The van der Waals surface area contributed by atoms with Gasteiger partial charge in [0.2, 0.25) is 6.29 Å². The lowest BCUT2D eigenvalue weighted by molar-refractivity contribution is -0.387. The second-order valence-corrected chi connectivity index (χ2v) is 15.8. The molecule has 22 heteroatoms. The number of hydrogen-bond acceptors (Lipinski definition) is 22. The molecule has 0 radical (unpaired) electrons. The zero-order valence-corrected chi connectivity index (χ0v) is 33.4. The van der Waals surface area contributed by atoms with Gasteiger partial charge in [-0.1, -0.05) is 36.4 Å². The van der Waals surface area contributed by atoms with E-state index in [1.165, 1.54) is 26.2 Å². The molecule has 62 heavy (non-hydrogen) atoms. The molecule has 20 atom stereocenters. The Kier molecular flexibility index (Phi) is 14.5. The molecule has 1 spiro atoms. The van der Waals surface area contributed by atoms with Crippen molar-refractivity contribution in [2.24, 2.45) is 11.8 Å². The van der Waals surface area contributed by atoms with Gasteiger partial charge in [-0.25, -0.2) is 9.59 Å². The van der Waals surface area contributed by atoms with Crippen LogP contribution in [0.15, 0.2) is 66.0 Å². The minimum Gasteiger partial charge on any atom is -0.471 e. The van der Waals surface area contributed by atoms with Crippen LogP contribution in [0, 0.1) is 11.8 Å². The number of aliphatic hydroxyl groups is 10. The fraction of sp³-hybridized carbons (Fsp3) is 0.650. The van der Waals surface area contributed by atoms with Gasteiger partial charge in [0.1, 0.15) is 73.2 Å². The summed E-state index contributed by atoms with van der Waals surface area (Å²) < 4.78 is 57.7. The first kappa shape index (κ1) is 46.5. The van der Waals surface area contributed by atoms with Gasteiger partial charge < -0.3 is 98.4 Å². The summed E-state index contributed by atoms with van der Waals surface area (Å²) in [5, 5.41) is 107. The number of carbonyl (C=O) groups is 2. The molecular formula is C40H52O22. The summed E-state index contributed by atoms with van der Waals surface area (Å²) in [5.41, 5.74) is -0.863. The van der Waals surface area contributed by atoms with Crippen molar-refractivity contribution in [3.8, 4) is 0 Å². The van der Waals surface area contributed by atoms with Crippen molar-refractivity contribution >= 4 is 11.9 Å². The molecule has 1 unspecified atom stereocenters. The van der Waals surface area contributed by atoms with E-state index >= 15 is 0 Å². The van der Waals surface area contributed by atoms with Crippen LogP contribution in [0.4, 0.5) is 0 Å². The van der Waals surface area contributed by atoms with Crippen LogP contribution in [0.3, 0.4) is 0 Å². The smallest absolute Gasteiger partial charge is 0.337 e. The van der Waals surface area contributed by atoms with E-state index in [9.17, 15) is 60.7 Å². The predicted molar refractivity (Wildman–Crippen MR) is 199 cm³/mol. The van der Waals surface area contributed by atoms with Gasteiger partial charge in [-0.2, -0.15) is 0 Å². The molecule has 6 aliphatic rings. The van der Waals surface area contributed by atoms with E-state index in [1.54, 1.807) is 36.4 Å². The Morgan fingerprint density at radius 3 is 1.94 bits per heavy atom. The number of carbonyl (C=O) groups excluding carboxylic acids is 2. The van der Waals surface area contributed by atoms with Crippen molar-refractivity contribution in [2.75, 3.05) is 26.9 Å². The molecule has 0 amide bonds. The topological polar surface area (TPSA) is 329 Å². The second kappa shape index (κ2) is 19.3. The van der Waals surface area contributed by atoms with E-state index in [1.807, 2.05) is 0 Å². The summed E-state index contributed by atoms with van der Waals surface area (Å²) in [4.78, 5) is 25.7. The van der Waals surface area contributed by atoms with E-state index in [-0.39, 0.29) is 24.4 Å². The van der Waals surface area contributed by atoms with Crippen molar-refractivity contribution in [2.45, 2.75) is 124 Å². The molecule has 344 valence electrons. The number of allylic oxidation sites excluding steroid dienone is 1. The Morgan fingerprint density at radius 2 is 1.34 bits per heavy atom. The number of rotatable bonds is 14. The first-order valence-corrected chi connectivity index (χ1v) is 19.9. The molecule has 22 nitrogen and oxygen atoms in total. The molecule has 0 bridgehead atoms. The maximum absolute atomic E-state index is 12.9. The first-order valence-electron chi connectivity index (χ1n) is 19.9. The van der Waals surface area contributed by atoms with Gasteiger partial charge in [-0.05, 0) is 24.6 Å². The third-order valence-electron chi connectivity index (χ3n) is 11.8. The summed E-state index contributed by atoms with van der Waals surface area (Å²) in [6, 6.07) is 8.95. The summed E-state index contributed by atoms with van der Waals surface area (Å²) in [5.74, 6) is -3.48. The Labute approximate surface area is 353 Å². The Bertz CT molecular complexity index is 1800. The van der Waals surface area contributed by atoms with Crippen LogP contribution in [-0.2, 0) is 63.6 Å². The van der Waals surface area contributed by atoms with E-state index in [2.05, 4.69) is 0 Å². The average molecular weight is 885 g/mol. The minimum atomic E-state index is -2.01. The van der Waals surface area contributed by atoms with E-state index in [0.717, 1.165) is 11.8 Å². The summed E-state index contributed by atoms with van der Waals surface area (Å²) >= 11 is 0. The number of methoxy groups -OCH3 is 1. The third kappa shape index (κ3) is 8.94. The highest BCUT2D eigenvalue weighted by Crippen LogP contribution is 2.51. The van der Waals surface area contributed by atoms with Crippen LogP contribution in [0.2, 0.25) is 0 Å². The van der Waals surface area contributed by atoms with Gasteiger partial charge in [-0.3, -0.25) is 0 Å². The number of hydrogen-bond donors (Lipinski definition) is 10. The van der Waals surface area contributed by atoms with Crippen LogP contribution in [-0.4, -0.2) is 200 Å². The van der Waals surface area contributed by atoms with E-state index < -0.39 is 147 Å².